The molecule has 3 aromatic heterocycles. The Morgan fingerprint density at radius 3 is 2.37 bits per heavy atom. The number of fused-ring (bicyclic) bond motifs is 1. The lowest BCUT2D eigenvalue weighted by Gasteiger charge is -2.36. The smallest absolute Gasteiger partial charge is 0.475 e. The van der Waals surface area contributed by atoms with Gasteiger partial charge in [0.2, 0.25) is 0 Å². The third-order valence-electron chi connectivity index (χ3n) is 6.25. The number of alkyl halides is 3. The van der Waals surface area contributed by atoms with E-state index in [1.165, 1.54) is 12.1 Å². The second kappa shape index (κ2) is 12.2. The Labute approximate surface area is 239 Å². The van der Waals surface area contributed by atoms with Gasteiger partial charge in [-0.1, -0.05) is 29.3 Å². The SMILES string of the molecule is O=C(O)C(F)(F)F.O=C(c1cc(Cc2c[nH]c(=O)c3cc(Cl)c(Cl)n23)ccc1F)N1CCN(c2cccnc2)CC1. The molecule has 5 rings (SSSR count). The number of carbonyl (C=O) groups is 2. The van der Waals surface area contributed by atoms with E-state index < -0.39 is 18.0 Å². The van der Waals surface area contributed by atoms with E-state index in [-0.39, 0.29) is 27.2 Å². The van der Waals surface area contributed by atoms with E-state index in [0.717, 1.165) is 5.69 Å². The molecule has 0 unspecified atom stereocenters. The number of rotatable bonds is 4. The first kappa shape index (κ1) is 29.9. The van der Waals surface area contributed by atoms with Crippen LogP contribution in [0.5, 0.6) is 0 Å². The molecule has 4 heterocycles. The van der Waals surface area contributed by atoms with Crippen molar-refractivity contribution in [3.63, 3.8) is 0 Å². The molecule has 0 spiro atoms. The van der Waals surface area contributed by atoms with Gasteiger partial charge in [-0.25, -0.2) is 9.18 Å². The number of anilines is 1. The van der Waals surface area contributed by atoms with E-state index in [1.807, 2.05) is 12.1 Å². The van der Waals surface area contributed by atoms with Crippen molar-refractivity contribution < 1.29 is 32.3 Å². The van der Waals surface area contributed by atoms with Crippen molar-refractivity contribution in [1.29, 1.82) is 0 Å². The zero-order valence-corrected chi connectivity index (χ0v) is 22.5. The summed E-state index contributed by atoms with van der Waals surface area (Å²) in [6, 6.07) is 9.81. The number of aromatic amines is 1. The molecule has 0 saturated carbocycles. The van der Waals surface area contributed by atoms with E-state index >= 15 is 0 Å². The number of carbonyl (C=O) groups excluding carboxylic acids is 1. The molecule has 216 valence electrons. The van der Waals surface area contributed by atoms with Crippen LogP contribution < -0.4 is 10.5 Å². The Kier molecular flexibility index (Phi) is 8.88. The summed E-state index contributed by atoms with van der Waals surface area (Å²) >= 11 is 12.4. The van der Waals surface area contributed by atoms with Gasteiger partial charge in [0.25, 0.3) is 11.5 Å². The highest BCUT2D eigenvalue weighted by atomic mass is 35.5. The molecule has 0 atom stereocenters. The zero-order chi connectivity index (χ0) is 29.9. The van der Waals surface area contributed by atoms with Crippen molar-refractivity contribution in [2.45, 2.75) is 12.6 Å². The highest BCUT2D eigenvalue weighted by molar-refractivity contribution is 6.42. The van der Waals surface area contributed by atoms with Gasteiger partial charge >= 0.3 is 12.1 Å². The highest BCUT2D eigenvalue weighted by Gasteiger charge is 2.38. The number of amides is 1. The Balaban J connectivity index is 0.000000493. The first-order chi connectivity index (χ1) is 19.4. The van der Waals surface area contributed by atoms with Crippen molar-refractivity contribution in [2.24, 2.45) is 0 Å². The van der Waals surface area contributed by atoms with Crippen LogP contribution in [0.2, 0.25) is 10.2 Å². The second-order valence-corrected chi connectivity index (χ2v) is 9.66. The molecular weight excluding hydrogens is 593 g/mol. The summed E-state index contributed by atoms with van der Waals surface area (Å²) in [5, 5.41) is 7.61. The number of halogens is 6. The summed E-state index contributed by atoms with van der Waals surface area (Å²) in [6.45, 7) is 2.24. The summed E-state index contributed by atoms with van der Waals surface area (Å²) < 4.78 is 48.0. The van der Waals surface area contributed by atoms with Gasteiger partial charge in [0, 0.05) is 50.7 Å². The molecule has 0 radical (unpaired) electrons. The zero-order valence-electron chi connectivity index (χ0n) is 21.0. The first-order valence-electron chi connectivity index (χ1n) is 12.0. The summed E-state index contributed by atoms with van der Waals surface area (Å²) in [4.78, 5) is 44.8. The predicted octanol–water partition coefficient (Wildman–Crippen LogP) is 4.66. The van der Waals surface area contributed by atoms with Gasteiger partial charge in [0.1, 0.15) is 16.5 Å². The van der Waals surface area contributed by atoms with Crippen LogP contribution in [0.3, 0.4) is 0 Å². The topological polar surface area (TPSA) is 111 Å². The number of hydrogen-bond acceptors (Lipinski definition) is 5. The van der Waals surface area contributed by atoms with Crippen LogP contribution in [-0.4, -0.2) is 68.6 Å². The number of nitrogens with one attached hydrogen (secondary N) is 1. The minimum Gasteiger partial charge on any atom is -0.475 e. The summed E-state index contributed by atoms with van der Waals surface area (Å²) in [5.74, 6) is -3.68. The average Bonchev–Trinajstić information content (AvgIpc) is 3.26. The van der Waals surface area contributed by atoms with Crippen molar-refractivity contribution >= 4 is 46.3 Å². The standard InChI is InChI=1S/C24H20Cl2FN5O2.C2HF3O2/c25-19-12-21-23(33)29-14-17(32(21)22(19)26)10-15-3-4-20(27)18(11-15)24(34)31-8-6-30(7-9-31)16-2-1-5-28-13-16;3-2(4,5)1(6)7/h1-5,11-14H,6-10H2,(H,29,33);(H,6,7). The molecule has 1 aliphatic heterocycles. The van der Waals surface area contributed by atoms with Crippen LogP contribution in [0, 0.1) is 5.82 Å². The van der Waals surface area contributed by atoms with Gasteiger partial charge in [0.15, 0.2) is 0 Å². The highest BCUT2D eigenvalue weighted by Crippen LogP contribution is 2.27. The van der Waals surface area contributed by atoms with Gasteiger partial charge < -0.3 is 19.9 Å². The summed E-state index contributed by atoms with van der Waals surface area (Å²) in [6.07, 6.45) is 0.280. The maximum absolute atomic E-state index is 14.7. The molecule has 9 nitrogen and oxygen atoms in total. The monoisotopic (exact) mass is 613 g/mol. The third kappa shape index (κ3) is 6.80. The third-order valence-corrected chi connectivity index (χ3v) is 7.01. The minimum atomic E-state index is -5.08. The largest absolute Gasteiger partial charge is 0.490 e. The molecule has 15 heteroatoms. The summed E-state index contributed by atoms with van der Waals surface area (Å²) in [7, 11) is 0. The maximum Gasteiger partial charge on any atom is 0.490 e. The quantitative estimate of drug-likeness (QED) is 0.324. The predicted molar refractivity (Wildman–Crippen MR) is 143 cm³/mol. The minimum absolute atomic E-state index is 0.0182. The second-order valence-electron chi connectivity index (χ2n) is 8.90. The van der Waals surface area contributed by atoms with Gasteiger partial charge in [-0.3, -0.25) is 19.0 Å². The molecule has 1 aromatic carbocycles. The van der Waals surface area contributed by atoms with Crippen molar-refractivity contribution in [2.75, 3.05) is 31.1 Å². The first-order valence-corrected chi connectivity index (χ1v) is 12.7. The fourth-order valence-corrected chi connectivity index (χ4v) is 4.70. The number of H-pyrrole nitrogens is 1. The van der Waals surface area contributed by atoms with Gasteiger partial charge in [-0.2, -0.15) is 13.2 Å². The molecule has 0 aliphatic carbocycles. The Hall–Kier alpha value is -4.10. The Morgan fingerprint density at radius 2 is 1.76 bits per heavy atom. The van der Waals surface area contributed by atoms with E-state index in [4.69, 9.17) is 33.1 Å². The normalized spacial score (nSPS) is 13.6. The molecule has 1 aliphatic rings. The van der Waals surface area contributed by atoms with E-state index in [0.29, 0.717) is 49.4 Å². The maximum atomic E-state index is 14.7. The molecule has 2 N–H and O–H groups in total. The number of carboxylic acids is 1. The molecule has 1 fully saturated rings. The molecule has 4 aromatic rings. The number of piperazine rings is 1. The van der Waals surface area contributed by atoms with Crippen LogP contribution >= 0.6 is 23.2 Å². The Bertz CT molecular complexity index is 1630. The molecule has 1 amide bonds. The van der Waals surface area contributed by atoms with Crippen molar-refractivity contribution in [3.05, 3.63) is 98.2 Å². The molecule has 0 bridgehead atoms. The number of pyridine rings is 1. The van der Waals surface area contributed by atoms with E-state index in [9.17, 15) is 27.2 Å². The van der Waals surface area contributed by atoms with Crippen LogP contribution in [0.25, 0.3) is 5.52 Å². The number of hydrogen-bond donors (Lipinski definition) is 2. The Morgan fingerprint density at radius 1 is 1.07 bits per heavy atom. The number of aliphatic carboxylic acids is 1. The summed E-state index contributed by atoms with van der Waals surface area (Å²) in [5.41, 5.74) is 2.37. The van der Waals surface area contributed by atoms with Crippen LogP contribution in [0.1, 0.15) is 21.6 Å². The van der Waals surface area contributed by atoms with Crippen LogP contribution in [-0.2, 0) is 11.2 Å². The number of benzene rings is 1. The number of carboxylic acid groups (broad SMARTS) is 1. The van der Waals surface area contributed by atoms with E-state index in [1.54, 1.807) is 40.0 Å². The van der Waals surface area contributed by atoms with Crippen LogP contribution in [0.4, 0.5) is 23.2 Å². The molecule has 1 saturated heterocycles. The van der Waals surface area contributed by atoms with Gasteiger partial charge in [-0.05, 0) is 35.9 Å². The van der Waals surface area contributed by atoms with Gasteiger partial charge in [0.05, 0.1) is 22.5 Å². The lowest BCUT2D eigenvalue weighted by atomic mass is 10.0. The van der Waals surface area contributed by atoms with Gasteiger partial charge in [-0.15, -0.1) is 0 Å². The fourth-order valence-electron chi connectivity index (χ4n) is 4.26. The van der Waals surface area contributed by atoms with Crippen molar-refractivity contribution in [1.82, 2.24) is 19.3 Å². The lowest BCUT2D eigenvalue weighted by molar-refractivity contribution is -0.192. The number of nitrogens with zero attached hydrogens (tertiary/aromatic N) is 4. The van der Waals surface area contributed by atoms with Crippen LogP contribution in [0.15, 0.2) is 59.8 Å². The fraction of sp³-hybridized carbons (Fsp3) is 0.231. The van der Waals surface area contributed by atoms with Crippen molar-refractivity contribution in [3.8, 4) is 0 Å². The molecule has 41 heavy (non-hydrogen) atoms. The number of aromatic nitrogens is 3. The molecular formula is C26H21Cl2F4N5O4. The van der Waals surface area contributed by atoms with E-state index in [2.05, 4.69) is 14.9 Å². The lowest BCUT2D eigenvalue weighted by Crippen LogP contribution is -2.49. The average molecular weight is 614 g/mol.